The Hall–Kier alpha value is -0.910. The third kappa shape index (κ3) is 2.30. The van der Waals surface area contributed by atoms with Gasteiger partial charge in [0.05, 0.1) is 12.9 Å². The van der Waals surface area contributed by atoms with Crippen molar-refractivity contribution >= 4 is 18.8 Å². The van der Waals surface area contributed by atoms with Crippen LogP contribution in [0.3, 0.4) is 0 Å². The monoisotopic (exact) mass is 169 g/mol. The van der Waals surface area contributed by atoms with E-state index in [0.717, 1.165) is 0 Å². The van der Waals surface area contributed by atoms with Crippen LogP contribution in [0.25, 0.3) is 0 Å². The number of hydrogen-bond donors (Lipinski definition) is 1. The zero-order chi connectivity index (χ0) is 8.10. The first-order valence-corrected chi connectivity index (χ1v) is 3.18. The quantitative estimate of drug-likeness (QED) is 0.401. The summed E-state index contributed by atoms with van der Waals surface area (Å²) < 4.78 is 3.99. The summed E-state index contributed by atoms with van der Waals surface area (Å²) in [6.07, 6.45) is 1.50. The maximum Gasteiger partial charge on any atom is 0.521 e. The van der Waals surface area contributed by atoms with Gasteiger partial charge < -0.3 is 0 Å². The van der Waals surface area contributed by atoms with Crippen LogP contribution in [0.1, 0.15) is 10.5 Å². The van der Waals surface area contributed by atoms with Crippen LogP contribution in [0.4, 0.5) is 0 Å². The Morgan fingerprint density at radius 3 is 3.00 bits per heavy atom. The van der Waals surface area contributed by atoms with E-state index in [1.165, 1.54) is 6.20 Å². The van der Waals surface area contributed by atoms with Gasteiger partial charge in [0.1, 0.15) is 0 Å². The molecule has 0 aromatic carbocycles. The van der Waals surface area contributed by atoms with Gasteiger partial charge in [0.25, 0.3) is 0 Å². The molecule has 1 aromatic rings. The van der Waals surface area contributed by atoms with Gasteiger partial charge in [-0.1, -0.05) is 6.07 Å². The first-order chi connectivity index (χ1) is 5.34. The summed E-state index contributed by atoms with van der Waals surface area (Å²) in [7, 11) is 0. The van der Waals surface area contributed by atoms with Gasteiger partial charge in [-0.25, -0.2) is 9.78 Å². The normalized spacial score (nSPS) is 9.55. The van der Waals surface area contributed by atoms with Crippen molar-refractivity contribution in [1.82, 2.24) is 10.5 Å². The standard InChI is InChI=1S/C6H5N2O2S/c9-6(8-10-11)5-3-1-2-4-7-5/h1-4,11H/q+1. The summed E-state index contributed by atoms with van der Waals surface area (Å²) in [6.45, 7) is 0. The predicted octanol–water partition coefficient (Wildman–Crippen LogP) is 0.603. The molecular formula is C6H5N2O2S+. The topological polar surface area (TPSA) is 53.3 Å². The Morgan fingerprint density at radius 2 is 2.45 bits per heavy atom. The Kier molecular flexibility index (Phi) is 3.03. The molecule has 0 saturated heterocycles. The number of nitrogens with zero attached hydrogens (tertiary/aromatic N) is 2. The summed E-state index contributed by atoms with van der Waals surface area (Å²) in [6, 6.07) is 4.94. The molecule has 5 heteroatoms. The first-order valence-electron chi connectivity index (χ1n) is 2.81. The SMILES string of the molecule is O=C([N+]OS)c1ccccn1. The highest BCUT2D eigenvalue weighted by atomic mass is 32.1. The largest absolute Gasteiger partial charge is 0.521 e. The van der Waals surface area contributed by atoms with Crippen molar-refractivity contribution in [3.05, 3.63) is 30.1 Å². The van der Waals surface area contributed by atoms with Crippen molar-refractivity contribution in [2.24, 2.45) is 0 Å². The molecule has 0 aliphatic rings. The molecule has 2 radical (unpaired) electrons. The second-order valence-corrected chi connectivity index (χ2v) is 1.86. The minimum atomic E-state index is -0.541. The molecule has 0 aliphatic carbocycles. The zero-order valence-electron chi connectivity index (χ0n) is 5.47. The molecular weight excluding hydrogens is 164 g/mol. The summed E-state index contributed by atoms with van der Waals surface area (Å²) >= 11 is 3.29. The number of thiol groups is 1. The number of hydroxylamine groups is 1. The third-order valence-electron chi connectivity index (χ3n) is 1.01. The molecule has 56 valence electrons. The molecule has 0 atom stereocenters. The molecule has 0 saturated carbocycles. The van der Waals surface area contributed by atoms with E-state index in [1.54, 1.807) is 18.2 Å². The van der Waals surface area contributed by atoms with Crippen molar-refractivity contribution in [2.45, 2.75) is 0 Å². The molecule has 0 bridgehead atoms. The Morgan fingerprint density at radius 1 is 1.64 bits per heavy atom. The lowest BCUT2D eigenvalue weighted by Crippen LogP contribution is -2.13. The van der Waals surface area contributed by atoms with Gasteiger partial charge in [-0.2, -0.15) is 0 Å². The number of aromatic nitrogens is 1. The van der Waals surface area contributed by atoms with Crippen molar-refractivity contribution in [2.75, 3.05) is 0 Å². The lowest BCUT2D eigenvalue weighted by Gasteiger charge is -1.83. The van der Waals surface area contributed by atoms with Crippen molar-refractivity contribution in [3.63, 3.8) is 0 Å². The van der Waals surface area contributed by atoms with Gasteiger partial charge in [-0.05, 0) is 16.4 Å². The highest BCUT2D eigenvalue weighted by molar-refractivity contribution is 7.75. The maximum absolute atomic E-state index is 10.8. The minimum absolute atomic E-state index is 0.238. The van der Waals surface area contributed by atoms with E-state index < -0.39 is 5.91 Å². The van der Waals surface area contributed by atoms with Crippen molar-refractivity contribution in [3.8, 4) is 0 Å². The van der Waals surface area contributed by atoms with E-state index >= 15 is 0 Å². The van der Waals surface area contributed by atoms with Crippen LogP contribution in [0.5, 0.6) is 0 Å². The van der Waals surface area contributed by atoms with Crippen LogP contribution < -0.4 is 5.48 Å². The molecule has 0 spiro atoms. The molecule has 1 aromatic heterocycles. The van der Waals surface area contributed by atoms with Crippen LogP contribution in [-0.2, 0) is 4.28 Å². The fourth-order valence-electron chi connectivity index (χ4n) is 0.573. The summed E-state index contributed by atoms with van der Waals surface area (Å²) in [5, 5.41) is 0. The molecule has 4 nitrogen and oxygen atoms in total. The van der Waals surface area contributed by atoms with E-state index in [4.69, 9.17) is 0 Å². The van der Waals surface area contributed by atoms with Gasteiger partial charge in [0.15, 0.2) is 5.69 Å². The van der Waals surface area contributed by atoms with Gasteiger partial charge in [0.2, 0.25) is 0 Å². The lowest BCUT2D eigenvalue weighted by atomic mass is 10.3. The van der Waals surface area contributed by atoms with Crippen LogP contribution in [0, 0.1) is 0 Å². The molecule has 1 amide bonds. The molecule has 0 aliphatic heterocycles. The average molecular weight is 169 g/mol. The van der Waals surface area contributed by atoms with E-state index in [1.807, 2.05) is 0 Å². The number of amides is 1. The smallest absolute Gasteiger partial charge is 0.246 e. The van der Waals surface area contributed by atoms with Crippen LogP contribution in [-0.4, -0.2) is 10.9 Å². The third-order valence-corrected chi connectivity index (χ3v) is 1.09. The van der Waals surface area contributed by atoms with E-state index in [2.05, 4.69) is 27.7 Å². The van der Waals surface area contributed by atoms with Gasteiger partial charge in [0, 0.05) is 6.20 Å². The van der Waals surface area contributed by atoms with E-state index in [-0.39, 0.29) is 5.69 Å². The predicted molar refractivity (Wildman–Crippen MR) is 40.8 cm³/mol. The van der Waals surface area contributed by atoms with Gasteiger partial charge >= 0.3 is 11.4 Å². The Balaban J connectivity index is 2.69. The molecule has 1 rings (SSSR count). The molecule has 1 heterocycles. The van der Waals surface area contributed by atoms with Crippen LogP contribution >= 0.6 is 12.9 Å². The average Bonchev–Trinajstić information content (AvgIpc) is 2.07. The van der Waals surface area contributed by atoms with Crippen LogP contribution in [0.15, 0.2) is 24.4 Å². The lowest BCUT2D eigenvalue weighted by molar-refractivity contribution is 0.0781. The second kappa shape index (κ2) is 4.07. The fourth-order valence-corrected chi connectivity index (χ4v) is 0.647. The van der Waals surface area contributed by atoms with E-state index in [0.29, 0.717) is 0 Å². The second-order valence-electron chi connectivity index (χ2n) is 1.69. The molecule has 0 fully saturated rings. The number of pyridine rings is 1. The van der Waals surface area contributed by atoms with Gasteiger partial charge in [-0.3, -0.25) is 0 Å². The highest BCUT2D eigenvalue weighted by Gasteiger charge is 2.24. The molecule has 11 heavy (non-hydrogen) atoms. The van der Waals surface area contributed by atoms with Crippen LogP contribution in [0.2, 0.25) is 0 Å². The molecule has 0 N–H and O–H groups in total. The fraction of sp³-hybridized carbons (Fsp3) is 0. The van der Waals surface area contributed by atoms with Crippen molar-refractivity contribution in [1.29, 1.82) is 0 Å². The summed E-state index contributed by atoms with van der Waals surface area (Å²) in [5.41, 5.74) is 3.30. The number of hydrogen-bond acceptors (Lipinski definition) is 4. The number of rotatable bonds is 2. The minimum Gasteiger partial charge on any atom is -0.246 e. The summed E-state index contributed by atoms with van der Waals surface area (Å²) in [5.74, 6) is -0.541. The Labute approximate surface area is 69.2 Å². The zero-order valence-corrected chi connectivity index (χ0v) is 6.36. The van der Waals surface area contributed by atoms with Crippen molar-refractivity contribution < 1.29 is 9.08 Å². The highest BCUT2D eigenvalue weighted by Crippen LogP contribution is 1.93. The Bertz CT molecular complexity index is 240. The first kappa shape index (κ1) is 8.19. The number of carbonyl (C=O) groups excluding carboxylic acids is 1. The maximum atomic E-state index is 10.8. The summed E-state index contributed by atoms with van der Waals surface area (Å²) in [4.78, 5) is 14.6. The van der Waals surface area contributed by atoms with E-state index in [9.17, 15) is 4.79 Å². The number of carbonyl (C=O) groups is 1. The molecule has 0 unspecified atom stereocenters. The van der Waals surface area contributed by atoms with Gasteiger partial charge in [-0.15, -0.1) is 0 Å².